The van der Waals surface area contributed by atoms with Crippen LogP contribution in [0.15, 0.2) is 0 Å². The van der Waals surface area contributed by atoms with Gasteiger partial charge in [0.2, 0.25) is 0 Å². The molecule has 0 aliphatic carbocycles. The van der Waals surface area contributed by atoms with Crippen molar-refractivity contribution in [1.29, 1.82) is 0 Å². The first-order valence-corrected chi connectivity index (χ1v) is 5.24. The van der Waals surface area contributed by atoms with E-state index in [2.05, 4.69) is 11.8 Å². The number of nitrogens with zero attached hydrogens (tertiary/aromatic N) is 1. The molecule has 0 unspecified atom stereocenters. The van der Waals surface area contributed by atoms with Gasteiger partial charge in [-0.05, 0) is 26.4 Å². The molecule has 3 heteroatoms. The standard InChI is InChI=1S/C9H20ClNO/c1-3-11(7-5-6-10)8-9-12-4-2/h3-9H2,1-2H3. The molecule has 0 saturated heterocycles. The molecule has 0 rings (SSSR count). The minimum Gasteiger partial charge on any atom is -0.380 e. The molecule has 0 heterocycles. The van der Waals surface area contributed by atoms with Crippen LogP contribution in [0.5, 0.6) is 0 Å². The second-order valence-electron chi connectivity index (χ2n) is 2.67. The van der Waals surface area contributed by atoms with Gasteiger partial charge in [0, 0.05) is 19.0 Å². The van der Waals surface area contributed by atoms with Gasteiger partial charge in [-0.1, -0.05) is 6.92 Å². The van der Waals surface area contributed by atoms with Gasteiger partial charge in [0.1, 0.15) is 0 Å². The monoisotopic (exact) mass is 193 g/mol. The molecule has 0 aromatic heterocycles. The van der Waals surface area contributed by atoms with Crippen molar-refractivity contribution in [2.45, 2.75) is 20.3 Å². The van der Waals surface area contributed by atoms with E-state index in [0.717, 1.165) is 45.1 Å². The van der Waals surface area contributed by atoms with Gasteiger partial charge in [-0.2, -0.15) is 0 Å². The number of halogens is 1. The van der Waals surface area contributed by atoms with Crippen LogP contribution in [0, 0.1) is 0 Å². The van der Waals surface area contributed by atoms with Gasteiger partial charge in [0.25, 0.3) is 0 Å². The van der Waals surface area contributed by atoms with Crippen LogP contribution in [-0.4, -0.2) is 43.6 Å². The second-order valence-corrected chi connectivity index (χ2v) is 3.05. The largest absolute Gasteiger partial charge is 0.380 e. The summed E-state index contributed by atoms with van der Waals surface area (Å²) in [7, 11) is 0. The highest BCUT2D eigenvalue weighted by atomic mass is 35.5. The summed E-state index contributed by atoms with van der Waals surface area (Å²) in [5, 5.41) is 0. The van der Waals surface area contributed by atoms with E-state index >= 15 is 0 Å². The molecule has 0 saturated carbocycles. The molecule has 0 aromatic rings. The van der Waals surface area contributed by atoms with E-state index in [1.807, 2.05) is 6.92 Å². The van der Waals surface area contributed by atoms with Crippen LogP contribution < -0.4 is 0 Å². The molecule has 0 aromatic carbocycles. The quantitative estimate of drug-likeness (QED) is 0.432. The predicted molar refractivity (Wildman–Crippen MR) is 53.9 cm³/mol. The van der Waals surface area contributed by atoms with E-state index in [-0.39, 0.29) is 0 Å². The van der Waals surface area contributed by atoms with Crippen molar-refractivity contribution in [3.63, 3.8) is 0 Å². The normalized spacial score (nSPS) is 11.0. The van der Waals surface area contributed by atoms with Gasteiger partial charge in [0.15, 0.2) is 0 Å². The Hall–Kier alpha value is 0.210. The van der Waals surface area contributed by atoms with E-state index in [4.69, 9.17) is 16.3 Å². The summed E-state index contributed by atoms with van der Waals surface area (Å²) in [5.74, 6) is 0.755. The van der Waals surface area contributed by atoms with Crippen molar-refractivity contribution in [2.24, 2.45) is 0 Å². The van der Waals surface area contributed by atoms with Crippen LogP contribution in [-0.2, 0) is 4.74 Å². The molecular weight excluding hydrogens is 174 g/mol. The lowest BCUT2D eigenvalue weighted by atomic mass is 10.4. The zero-order valence-electron chi connectivity index (χ0n) is 8.18. The van der Waals surface area contributed by atoms with E-state index in [0.29, 0.717) is 0 Å². The topological polar surface area (TPSA) is 12.5 Å². The van der Waals surface area contributed by atoms with Crippen molar-refractivity contribution < 1.29 is 4.74 Å². The van der Waals surface area contributed by atoms with Gasteiger partial charge >= 0.3 is 0 Å². The van der Waals surface area contributed by atoms with Crippen molar-refractivity contribution >= 4 is 11.6 Å². The Bertz CT molecular complexity index is 90.6. The summed E-state index contributed by atoms with van der Waals surface area (Å²) < 4.78 is 5.27. The fourth-order valence-corrected chi connectivity index (χ4v) is 1.17. The number of hydrogen-bond acceptors (Lipinski definition) is 2. The first kappa shape index (κ1) is 12.2. The van der Waals surface area contributed by atoms with E-state index < -0.39 is 0 Å². The van der Waals surface area contributed by atoms with Crippen LogP contribution in [0.4, 0.5) is 0 Å². The Labute approximate surface area is 80.8 Å². The molecule has 0 aliphatic rings. The van der Waals surface area contributed by atoms with Gasteiger partial charge in [0.05, 0.1) is 6.61 Å². The average molecular weight is 194 g/mol. The molecular formula is C9H20ClNO. The number of ether oxygens (including phenoxy) is 1. The third-order valence-electron chi connectivity index (χ3n) is 1.81. The highest BCUT2D eigenvalue weighted by Gasteiger charge is 1.99. The zero-order valence-corrected chi connectivity index (χ0v) is 8.94. The third-order valence-corrected chi connectivity index (χ3v) is 2.08. The van der Waals surface area contributed by atoms with Crippen LogP contribution in [0.3, 0.4) is 0 Å². The lowest BCUT2D eigenvalue weighted by molar-refractivity contribution is 0.115. The molecule has 2 nitrogen and oxygen atoms in total. The molecule has 0 N–H and O–H groups in total. The Morgan fingerprint density at radius 2 is 2.00 bits per heavy atom. The average Bonchev–Trinajstić information content (AvgIpc) is 2.11. The molecule has 0 radical (unpaired) electrons. The number of rotatable bonds is 8. The van der Waals surface area contributed by atoms with Crippen LogP contribution >= 0.6 is 11.6 Å². The zero-order chi connectivity index (χ0) is 9.23. The maximum absolute atomic E-state index is 5.61. The van der Waals surface area contributed by atoms with Gasteiger partial charge in [-0.25, -0.2) is 0 Å². The van der Waals surface area contributed by atoms with Gasteiger partial charge in [-0.15, -0.1) is 11.6 Å². The summed E-state index contributed by atoms with van der Waals surface area (Å²) in [6.45, 7) is 9.05. The van der Waals surface area contributed by atoms with Crippen molar-refractivity contribution in [2.75, 3.05) is 38.7 Å². The van der Waals surface area contributed by atoms with Crippen molar-refractivity contribution in [3.05, 3.63) is 0 Å². The number of alkyl halides is 1. The molecule has 0 aliphatic heterocycles. The Morgan fingerprint density at radius 3 is 2.50 bits per heavy atom. The summed E-state index contributed by atoms with van der Waals surface area (Å²) in [6.07, 6.45) is 1.07. The molecule has 0 atom stereocenters. The minimum absolute atomic E-state index is 0.755. The fourth-order valence-electron chi connectivity index (χ4n) is 1.05. The van der Waals surface area contributed by atoms with E-state index in [1.54, 1.807) is 0 Å². The second kappa shape index (κ2) is 9.30. The predicted octanol–water partition coefficient (Wildman–Crippen LogP) is 1.97. The number of likely N-dealkylation sites (N-methyl/N-ethyl adjacent to an activating group) is 1. The van der Waals surface area contributed by atoms with E-state index in [9.17, 15) is 0 Å². The molecule has 12 heavy (non-hydrogen) atoms. The summed E-state index contributed by atoms with van der Waals surface area (Å²) in [6, 6.07) is 0. The third kappa shape index (κ3) is 6.89. The molecule has 0 spiro atoms. The van der Waals surface area contributed by atoms with Crippen molar-refractivity contribution in [1.82, 2.24) is 4.90 Å². The van der Waals surface area contributed by atoms with Crippen LogP contribution in [0.1, 0.15) is 20.3 Å². The maximum Gasteiger partial charge on any atom is 0.0593 e. The lowest BCUT2D eigenvalue weighted by Gasteiger charge is -2.19. The molecule has 0 fully saturated rings. The van der Waals surface area contributed by atoms with Gasteiger partial charge < -0.3 is 9.64 Å². The van der Waals surface area contributed by atoms with E-state index in [1.165, 1.54) is 0 Å². The highest BCUT2D eigenvalue weighted by molar-refractivity contribution is 6.17. The Kier molecular flexibility index (Phi) is 9.46. The molecule has 0 amide bonds. The molecule has 0 bridgehead atoms. The minimum atomic E-state index is 0.755. The summed E-state index contributed by atoms with van der Waals surface area (Å²) >= 11 is 5.61. The van der Waals surface area contributed by atoms with Crippen molar-refractivity contribution in [3.8, 4) is 0 Å². The van der Waals surface area contributed by atoms with Gasteiger partial charge in [-0.3, -0.25) is 0 Å². The Morgan fingerprint density at radius 1 is 1.25 bits per heavy atom. The summed E-state index contributed by atoms with van der Waals surface area (Å²) in [5.41, 5.74) is 0. The Balaban J connectivity index is 3.26. The van der Waals surface area contributed by atoms with Crippen LogP contribution in [0.25, 0.3) is 0 Å². The molecule has 74 valence electrons. The highest BCUT2D eigenvalue weighted by Crippen LogP contribution is 1.93. The lowest BCUT2D eigenvalue weighted by Crippen LogP contribution is -2.28. The van der Waals surface area contributed by atoms with Crippen LogP contribution in [0.2, 0.25) is 0 Å². The SMILES string of the molecule is CCOCCN(CC)CCCCl. The fraction of sp³-hybridized carbons (Fsp3) is 1.00. The first-order chi connectivity index (χ1) is 5.85. The number of hydrogen-bond donors (Lipinski definition) is 0. The maximum atomic E-state index is 5.61. The summed E-state index contributed by atoms with van der Waals surface area (Å²) in [4.78, 5) is 2.36. The first-order valence-electron chi connectivity index (χ1n) is 4.71. The smallest absolute Gasteiger partial charge is 0.0593 e.